The van der Waals surface area contributed by atoms with Crippen molar-refractivity contribution in [3.05, 3.63) is 23.8 Å². The van der Waals surface area contributed by atoms with E-state index in [4.69, 9.17) is 5.26 Å². The first kappa shape index (κ1) is 11.1. The summed E-state index contributed by atoms with van der Waals surface area (Å²) in [6.45, 7) is 2.30. The van der Waals surface area contributed by atoms with Gasteiger partial charge in [-0.25, -0.2) is 4.98 Å². The van der Waals surface area contributed by atoms with Crippen molar-refractivity contribution in [3.8, 4) is 6.07 Å². The van der Waals surface area contributed by atoms with Crippen molar-refractivity contribution >= 4 is 5.91 Å². The van der Waals surface area contributed by atoms with E-state index in [9.17, 15) is 4.79 Å². The molecule has 0 aromatic carbocycles. The van der Waals surface area contributed by atoms with Crippen molar-refractivity contribution in [3.63, 3.8) is 0 Å². The summed E-state index contributed by atoms with van der Waals surface area (Å²) in [5, 5.41) is 11.0. The summed E-state index contributed by atoms with van der Waals surface area (Å²) < 4.78 is 0. The molecule has 78 valence electrons. The summed E-state index contributed by atoms with van der Waals surface area (Å²) in [6, 6.07) is 2.01. The van der Waals surface area contributed by atoms with Crippen LogP contribution in [-0.2, 0) is 0 Å². The Labute approximate surface area is 88.2 Å². The minimum Gasteiger partial charge on any atom is -0.351 e. The Morgan fingerprint density at radius 3 is 2.93 bits per heavy atom. The van der Waals surface area contributed by atoms with E-state index in [0.717, 1.165) is 5.69 Å². The van der Waals surface area contributed by atoms with Crippen LogP contribution in [0.2, 0.25) is 0 Å². The van der Waals surface area contributed by atoms with E-state index >= 15 is 0 Å². The first-order valence-electron chi connectivity index (χ1n) is 4.68. The van der Waals surface area contributed by atoms with Gasteiger partial charge in [-0.2, -0.15) is 5.26 Å². The average Bonchev–Trinajstić information content (AvgIpc) is 2.25. The third-order valence-electron chi connectivity index (χ3n) is 1.76. The third kappa shape index (κ3) is 3.73. The van der Waals surface area contributed by atoms with Crippen LogP contribution in [0.4, 0.5) is 0 Å². The van der Waals surface area contributed by atoms with Gasteiger partial charge in [0.1, 0.15) is 5.69 Å². The van der Waals surface area contributed by atoms with E-state index in [1.54, 1.807) is 6.20 Å². The predicted octanol–water partition coefficient (Wildman–Crippen LogP) is 0.819. The van der Waals surface area contributed by atoms with Gasteiger partial charge in [0.05, 0.1) is 18.0 Å². The van der Waals surface area contributed by atoms with Crippen molar-refractivity contribution < 1.29 is 4.79 Å². The van der Waals surface area contributed by atoms with Crippen LogP contribution in [0.25, 0.3) is 0 Å². The normalized spacial score (nSPS) is 9.33. The molecule has 0 saturated heterocycles. The summed E-state index contributed by atoms with van der Waals surface area (Å²) in [4.78, 5) is 19.3. The first-order chi connectivity index (χ1) is 7.24. The Bertz CT molecular complexity index is 366. The number of amides is 1. The summed E-state index contributed by atoms with van der Waals surface area (Å²) in [5.74, 6) is -0.250. The van der Waals surface area contributed by atoms with Gasteiger partial charge in [0.2, 0.25) is 0 Å². The molecule has 0 saturated carbocycles. The van der Waals surface area contributed by atoms with Crippen LogP contribution in [0.5, 0.6) is 0 Å². The summed E-state index contributed by atoms with van der Waals surface area (Å²) in [6.07, 6.45) is 4.08. The third-order valence-corrected chi connectivity index (χ3v) is 1.76. The number of aryl methyl sites for hydroxylation is 1. The molecule has 0 spiro atoms. The second-order valence-electron chi connectivity index (χ2n) is 3.06. The molecule has 1 amide bonds. The minimum atomic E-state index is -0.250. The fraction of sp³-hybridized carbons (Fsp3) is 0.400. The zero-order valence-electron chi connectivity index (χ0n) is 8.53. The quantitative estimate of drug-likeness (QED) is 0.736. The van der Waals surface area contributed by atoms with Crippen LogP contribution in [0.15, 0.2) is 12.4 Å². The molecule has 0 aliphatic rings. The van der Waals surface area contributed by atoms with E-state index in [-0.39, 0.29) is 5.91 Å². The molecule has 0 bridgehead atoms. The number of rotatable bonds is 4. The number of aromatic nitrogens is 2. The number of carbonyl (C=O) groups is 1. The molecular weight excluding hydrogens is 192 g/mol. The number of unbranched alkanes of at least 4 members (excludes halogenated alkanes) is 1. The molecule has 0 aliphatic heterocycles. The second kappa shape index (κ2) is 5.70. The van der Waals surface area contributed by atoms with Gasteiger partial charge in [-0.3, -0.25) is 9.78 Å². The topological polar surface area (TPSA) is 78.7 Å². The van der Waals surface area contributed by atoms with Crippen LogP contribution >= 0.6 is 0 Å². The largest absolute Gasteiger partial charge is 0.351 e. The van der Waals surface area contributed by atoms with Crippen LogP contribution in [0, 0.1) is 18.3 Å². The summed E-state index contributed by atoms with van der Waals surface area (Å²) in [5.41, 5.74) is 1.08. The van der Waals surface area contributed by atoms with Gasteiger partial charge in [-0.15, -0.1) is 0 Å². The predicted molar refractivity (Wildman–Crippen MR) is 53.9 cm³/mol. The Morgan fingerprint density at radius 1 is 1.53 bits per heavy atom. The highest BCUT2D eigenvalue weighted by Gasteiger charge is 2.05. The Balaban J connectivity index is 2.41. The maximum atomic E-state index is 11.4. The van der Waals surface area contributed by atoms with Crippen LogP contribution in [0.3, 0.4) is 0 Å². The molecule has 0 unspecified atom stereocenters. The van der Waals surface area contributed by atoms with E-state index in [1.807, 2.05) is 13.0 Å². The monoisotopic (exact) mass is 204 g/mol. The van der Waals surface area contributed by atoms with Gasteiger partial charge < -0.3 is 5.32 Å². The standard InChI is InChI=1S/C10H12N4O/c1-8-6-14-9(7-13-8)10(15)12-5-3-2-4-11/h6-7H,2-3,5H2,1H3,(H,12,15). The molecule has 1 N–H and O–H groups in total. The molecule has 1 heterocycles. The van der Waals surface area contributed by atoms with E-state index in [1.165, 1.54) is 6.20 Å². The lowest BCUT2D eigenvalue weighted by atomic mass is 10.3. The average molecular weight is 204 g/mol. The number of nitriles is 1. The smallest absolute Gasteiger partial charge is 0.271 e. The maximum Gasteiger partial charge on any atom is 0.271 e. The highest BCUT2D eigenvalue weighted by Crippen LogP contribution is 1.94. The van der Waals surface area contributed by atoms with E-state index in [0.29, 0.717) is 25.1 Å². The zero-order chi connectivity index (χ0) is 11.1. The second-order valence-corrected chi connectivity index (χ2v) is 3.06. The molecule has 15 heavy (non-hydrogen) atoms. The van der Waals surface area contributed by atoms with Gasteiger partial charge in [-0.05, 0) is 13.3 Å². The first-order valence-corrected chi connectivity index (χ1v) is 4.68. The molecule has 1 aromatic rings. The lowest BCUT2D eigenvalue weighted by molar-refractivity contribution is 0.0948. The lowest BCUT2D eigenvalue weighted by Crippen LogP contribution is -2.25. The molecule has 0 aliphatic carbocycles. The van der Waals surface area contributed by atoms with Gasteiger partial charge >= 0.3 is 0 Å². The molecule has 1 rings (SSSR count). The van der Waals surface area contributed by atoms with E-state index < -0.39 is 0 Å². The summed E-state index contributed by atoms with van der Waals surface area (Å²) >= 11 is 0. The SMILES string of the molecule is Cc1cnc(C(=O)NCCCC#N)cn1. The molecule has 0 atom stereocenters. The summed E-state index contributed by atoms with van der Waals surface area (Å²) in [7, 11) is 0. The number of hydrogen-bond acceptors (Lipinski definition) is 4. The molecule has 1 aromatic heterocycles. The van der Waals surface area contributed by atoms with Crippen LogP contribution in [0.1, 0.15) is 29.0 Å². The molecule has 0 fully saturated rings. The van der Waals surface area contributed by atoms with Crippen molar-refractivity contribution in [1.82, 2.24) is 15.3 Å². The van der Waals surface area contributed by atoms with Gasteiger partial charge in [0.25, 0.3) is 5.91 Å². The number of hydrogen-bond donors (Lipinski definition) is 1. The number of carbonyl (C=O) groups excluding carboxylic acids is 1. The van der Waals surface area contributed by atoms with E-state index in [2.05, 4.69) is 15.3 Å². The lowest BCUT2D eigenvalue weighted by Gasteiger charge is -2.02. The Morgan fingerprint density at radius 2 is 2.33 bits per heavy atom. The van der Waals surface area contributed by atoms with Gasteiger partial charge in [-0.1, -0.05) is 0 Å². The zero-order valence-corrected chi connectivity index (χ0v) is 8.53. The molecule has 5 nitrogen and oxygen atoms in total. The van der Waals surface area contributed by atoms with Crippen molar-refractivity contribution in [1.29, 1.82) is 5.26 Å². The van der Waals surface area contributed by atoms with Crippen LogP contribution in [-0.4, -0.2) is 22.4 Å². The Kier molecular flexibility index (Phi) is 4.23. The number of nitrogens with one attached hydrogen (secondary N) is 1. The van der Waals surface area contributed by atoms with Crippen molar-refractivity contribution in [2.75, 3.05) is 6.54 Å². The fourth-order valence-electron chi connectivity index (χ4n) is 0.970. The van der Waals surface area contributed by atoms with Crippen LogP contribution < -0.4 is 5.32 Å². The molecular formula is C10H12N4O. The van der Waals surface area contributed by atoms with Gasteiger partial charge in [0, 0.05) is 19.2 Å². The highest BCUT2D eigenvalue weighted by molar-refractivity contribution is 5.91. The van der Waals surface area contributed by atoms with Gasteiger partial charge in [0.15, 0.2) is 0 Å². The maximum absolute atomic E-state index is 11.4. The van der Waals surface area contributed by atoms with Crippen molar-refractivity contribution in [2.24, 2.45) is 0 Å². The molecule has 0 radical (unpaired) electrons. The highest BCUT2D eigenvalue weighted by atomic mass is 16.1. The minimum absolute atomic E-state index is 0.250. The molecule has 5 heteroatoms. The Hall–Kier alpha value is -1.96. The fourth-order valence-corrected chi connectivity index (χ4v) is 0.970. The number of nitrogens with zero attached hydrogens (tertiary/aromatic N) is 3. The van der Waals surface area contributed by atoms with Crippen molar-refractivity contribution in [2.45, 2.75) is 19.8 Å².